The standard InChI is InChI=1S/C13H22ClN3/c1-4-13(7-5-6-8-13)12-16-15-11(9-14)17(12)10(2)3/h10H,4-9H2,1-3H3. The second-order valence-electron chi connectivity index (χ2n) is 5.38. The van der Waals surface area contributed by atoms with Crippen molar-refractivity contribution in [3.05, 3.63) is 11.6 Å². The van der Waals surface area contributed by atoms with Crippen LogP contribution in [0.2, 0.25) is 0 Å². The lowest BCUT2D eigenvalue weighted by atomic mass is 9.82. The summed E-state index contributed by atoms with van der Waals surface area (Å²) in [6, 6.07) is 0.387. The first-order chi connectivity index (χ1) is 8.14. The molecule has 2 rings (SSSR count). The molecule has 0 aliphatic heterocycles. The molecule has 0 amide bonds. The Kier molecular flexibility index (Phi) is 3.76. The van der Waals surface area contributed by atoms with Crippen LogP contribution in [0.3, 0.4) is 0 Å². The maximum absolute atomic E-state index is 5.96. The molecule has 0 N–H and O–H groups in total. The second-order valence-corrected chi connectivity index (χ2v) is 5.65. The van der Waals surface area contributed by atoms with Crippen molar-refractivity contribution in [1.29, 1.82) is 0 Å². The van der Waals surface area contributed by atoms with Gasteiger partial charge in [-0.3, -0.25) is 0 Å². The zero-order chi connectivity index (χ0) is 12.5. The van der Waals surface area contributed by atoms with Gasteiger partial charge in [0, 0.05) is 11.5 Å². The summed E-state index contributed by atoms with van der Waals surface area (Å²) in [5.41, 5.74) is 0.252. The van der Waals surface area contributed by atoms with Gasteiger partial charge in [-0.2, -0.15) is 0 Å². The summed E-state index contributed by atoms with van der Waals surface area (Å²) < 4.78 is 2.25. The summed E-state index contributed by atoms with van der Waals surface area (Å²) >= 11 is 5.96. The minimum absolute atomic E-state index is 0.252. The molecular formula is C13H22ClN3. The Morgan fingerprint density at radius 2 is 1.94 bits per heavy atom. The molecule has 1 aliphatic carbocycles. The lowest BCUT2D eigenvalue weighted by Crippen LogP contribution is -2.27. The highest BCUT2D eigenvalue weighted by atomic mass is 35.5. The van der Waals surface area contributed by atoms with Gasteiger partial charge in [0.15, 0.2) is 0 Å². The van der Waals surface area contributed by atoms with Crippen LogP contribution in [0.5, 0.6) is 0 Å². The minimum Gasteiger partial charge on any atom is -0.311 e. The largest absolute Gasteiger partial charge is 0.311 e. The van der Waals surface area contributed by atoms with Crippen molar-refractivity contribution in [2.24, 2.45) is 0 Å². The fraction of sp³-hybridized carbons (Fsp3) is 0.846. The van der Waals surface area contributed by atoms with E-state index in [2.05, 4.69) is 35.5 Å². The van der Waals surface area contributed by atoms with Crippen LogP contribution < -0.4 is 0 Å². The van der Waals surface area contributed by atoms with E-state index < -0.39 is 0 Å². The van der Waals surface area contributed by atoms with Crippen molar-refractivity contribution in [3.8, 4) is 0 Å². The van der Waals surface area contributed by atoms with Crippen LogP contribution in [-0.2, 0) is 11.3 Å². The first kappa shape index (κ1) is 12.9. The average molecular weight is 256 g/mol. The van der Waals surface area contributed by atoms with Gasteiger partial charge >= 0.3 is 0 Å². The molecule has 96 valence electrons. The molecule has 1 fully saturated rings. The Bertz CT molecular complexity index is 378. The molecule has 1 aromatic rings. The van der Waals surface area contributed by atoms with Crippen LogP contribution in [0.15, 0.2) is 0 Å². The number of hydrogen-bond donors (Lipinski definition) is 0. The van der Waals surface area contributed by atoms with Crippen molar-refractivity contribution >= 4 is 11.6 Å². The predicted octanol–water partition coefficient (Wildman–Crippen LogP) is 3.82. The number of hydrogen-bond acceptors (Lipinski definition) is 2. The lowest BCUT2D eigenvalue weighted by Gasteiger charge is -2.28. The average Bonchev–Trinajstić information content (AvgIpc) is 2.95. The predicted molar refractivity (Wildman–Crippen MR) is 70.4 cm³/mol. The van der Waals surface area contributed by atoms with E-state index in [1.807, 2.05) is 0 Å². The number of aromatic nitrogens is 3. The van der Waals surface area contributed by atoms with Crippen molar-refractivity contribution in [1.82, 2.24) is 14.8 Å². The van der Waals surface area contributed by atoms with E-state index in [9.17, 15) is 0 Å². The Hall–Kier alpha value is -0.570. The molecule has 0 atom stereocenters. The summed E-state index contributed by atoms with van der Waals surface area (Å²) in [4.78, 5) is 0. The van der Waals surface area contributed by atoms with Gasteiger partial charge in [0.2, 0.25) is 0 Å². The normalized spacial score (nSPS) is 19.1. The molecule has 1 saturated carbocycles. The van der Waals surface area contributed by atoms with Gasteiger partial charge in [-0.15, -0.1) is 21.8 Å². The molecule has 0 aromatic carbocycles. The van der Waals surface area contributed by atoms with Crippen molar-refractivity contribution in [3.63, 3.8) is 0 Å². The smallest absolute Gasteiger partial charge is 0.148 e. The molecule has 0 spiro atoms. The van der Waals surface area contributed by atoms with Crippen LogP contribution in [-0.4, -0.2) is 14.8 Å². The fourth-order valence-electron chi connectivity index (χ4n) is 3.11. The summed E-state index contributed by atoms with van der Waals surface area (Å²) in [7, 11) is 0. The molecule has 0 bridgehead atoms. The summed E-state index contributed by atoms with van der Waals surface area (Å²) in [6.45, 7) is 6.63. The molecule has 0 unspecified atom stereocenters. The molecule has 1 aliphatic rings. The van der Waals surface area contributed by atoms with E-state index in [0.717, 1.165) is 12.2 Å². The van der Waals surface area contributed by atoms with Crippen molar-refractivity contribution in [2.75, 3.05) is 0 Å². The van der Waals surface area contributed by atoms with Crippen molar-refractivity contribution < 1.29 is 0 Å². The van der Waals surface area contributed by atoms with Gasteiger partial charge in [-0.1, -0.05) is 19.8 Å². The zero-order valence-corrected chi connectivity index (χ0v) is 11.8. The molecule has 3 nitrogen and oxygen atoms in total. The highest BCUT2D eigenvalue weighted by Crippen LogP contribution is 2.43. The monoisotopic (exact) mass is 255 g/mol. The highest BCUT2D eigenvalue weighted by Gasteiger charge is 2.39. The first-order valence-electron chi connectivity index (χ1n) is 6.65. The summed E-state index contributed by atoms with van der Waals surface area (Å²) in [6.07, 6.45) is 6.28. The van der Waals surface area contributed by atoms with Crippen LogP contribution >= 0.6 is 11.6 Å². The highest BCUT2D eigenvalue weighted by molar-refractivity contribution is 6.16. The molecule has 17 heavy (non-hydrogen) atoms. The lowest BCUT2D eigenvalue weighted by molar-refractivity contribution is 0.366. The van der Waals surface area contributed by atoms with Crippen LogP contribution in [0, 0.1) is 0 Å². The number of halogens is 1. The van der Waals surface area contributed by atoms with E-state index in [-0.39, 0.29) is 5.41 Å². The van der Waals surface area contributed by atoms with Gasteiger partial charge in [-0.25, -0.2) is 0 Å². The van der Waals surface area contributed by atoms with E-state index in [0.29, 0.717) is 11.9 Å². The summed E-state index contributed by atoms with van der Waals surface area (Å²) in [5.74, 6) is 2.53. The second kappa shape index (κ2) is 4.97. The van der Waals surface area contributed by atoms with Gasteiger partial charge in [-0.05, 0) is 33.1 Å². The van der Waals surface area contributed by atoms with Crippen LogP contribution in [0.25, 0.3) is 0 Å². The fourth-order valence-corrected chi connectivity index (χ4v) is 3.29. The Morgan fingerprint density at radius 3 is 2.41 bits per heavy atom. The third kappa shape index (κ3) is 2.10. The van der Waals surface area contributed by atoms with E-state index in [4.69, 9.17) is 11.6 Å². The van der Waals surface area contributed by atoms with E-state index in [1.54, 1.807) is 0 Å². The maximum Gasteiger partial charge on any atom is 0.148 e. The van der Waals surface area contributed by atoms with E-state index in [1.165, 1.54) is 31.5 Å². The molecular weight excluding hydrogens is 234 g/mol. The van der Waals surface area contributed by atoms with Gasteiger partial charge in [0.1, 0.15) is 11.6 Å². The maximum atomic E-state index is 5.96. The SMILES string of the molecule is CCC1(c2nnc(CCl)n2C(C)C)CCCC1. The van der Waals surface area contributed by atoms with Crippen LogP contribution in [0.4, 0.5) is 0 Å². The molecule has 4 heteroatoms. The van der Waals surface area contributed by atoms with Crippen molar-refractivity contribution in [2.45, 2.75) is 70.2 Å². The van der Waals surface area contributed by atoms with Gasteiger partial charge in [0.25, 0.3) is 0 Å². The Balaban J connectivity index is 2.47. The Labute approximate surface area is 109 Å². The van der Waals surface area contributed by atoms with E-state index >= 15 is 0 Å². The number of alkyl halides is 1. The summed E-state index contributed by atoms with van der Waals surface area (Å²) in [5, 5.41) is 8.74. The number of rotatable bonds is 4. The third-order valence-electron chi connectivity index (χ3n) is 4.11. The molecule has 1 aromatic heterocycles. The number of nitrogens with zero attached hydrogens (tertiary/aromatic N) is 3. The quantitative estimate of drug-likeness (QED) is 0.766. The van der Waals surface area contributed by atoms with Gasteiger partial charge < -0.3 is 4.57 Å². The Morgan fingerprint density at radius 1 is 1.29 bits per heavy atom. The van der Waals surface area contributed by atoms with Crippen LogP contribution in [0.1, 0.15) is 70.6 Å². The topological polar surface area (TPSA) is 30.7 Å². The van der Waals surface area contributed by atoms with Gasteiger partial charge in [0.05, 0.1) is 5.88 Å². The third-order valence-corrected chi connectivity index (χ3v) is 4.35. The molecule has 0 saturated heterocycles. The zero-order valence-electron chi connectivity index (χ0n) is 11.0. The first-order valence-corrected chi connectivity index (χ1v) is 7.18. The minimum atomic E-state index is 0.252. The molecule has 1 heterocycles. The molecule has 0 radical (unpaired) electrons.